The molecule has 2 saturated heterocycles. The lowest BCUT2D eigenvalue weighted by molar-refractivity contribution is -0.0456. The normalized spacial score (nSPS) is 23.8. The molecule has 4 heterocycles. The number of para-hydroxylation sites is 1. The van der Waals surface area contributed by atoms with E-state index in [-0.39, 0.29) is 39.2 Å². The zero-order chi connectivity index (χ0) is 55.3. The number of aromatic nitrogens is 4. The van der Waals surface area contributed by atoms with E-state index in [1.807, 2.05) is 32.0 Å². The summed E-state index contributed by atoms with van der Waals surface area (Å²) in [4.78, 5) is 43.9. The molecule has 2 aromatic heterocycles. The van der Waals surface area contributed by atoms with Crippen molar-refractivity contribution in [2.45, 2.75) is 233 Å². The van der Waals surface area contributed by atoms with Crippen LogP contribution in [0, 0.1) is 27.7 Å². The highest BCUT2D eigenvalue weighted by Crippen LogP contribution is 2.45. The fourth-order valence-corrected chi connectivity index (χ4v) is 11.8. The Hall–Kier alpha value is -2.93. The molecule has 0 saturated carbocycles. The molecule has 0 spiro atoms. The van der Waals surface area contributed by atoms with E-state index in [1.165, 1.54) is 10.8 Å². The van der Waals surface area contributed by atoms with Gasteiger partial charge in [-0.2, -0.15) is 4.98 Å². The van der Waals surface area contributed by atoms with Crippen molar-refractivity contribution in [1.29, 1.82) is 0 Å². The standard InChI is InChI=1S/C30H49FN2O5Si2.C22H41FN2O5Si2/c1-19-15-14-16-20(2)24(19)37-26-21(3)17-33(28(34)32-26)27-23(31)25(38-40(12,13)30(7,8)9)22(36-27)18-35-39(10,11)29(4,5)6;1-14-12-25(20(27)24-18(14)26)19-16(23)17(30-32(10,11)22(5,6)7)15(29-19)13-28-31(8,9)21(2,3)4/h14-17,22-23,25,27H,18H2,1-13H3;12,15-17,19H,13H2,1-11H3,(H,24,26,27)/t22-,23+,25?,27-;15-,16+,17?,19-/m00/s1. The van der Waals surface area contributed by atoms with Gasteiger partial charge in [0, 0.05) is 23.5 Å². The van der Waals surface area contributed by atoms with Crippen molar-refractivity contribution in [2.24, 2.45) is 0 Å². The summed E-state index contributed by atoms with van der Waals surface area (Å²) < 4.78 is 78.8. The third-order valence-electron chi connectivity index (χ3n) is 16.2. The molecule has 14 nitrogen and oxygen atoms in total. The second-order valence-corrected chi connectivity index (χ2v) is 45.2. The number of hydrogen-bond donors (Lipinski definition) is 1. The first-order valence-corrected chi connectivity index (χ1v) is 37.0. The Kier molecular flexibility index (Phi) is 18.8. The van der Waals surface area contributed by atoms with E-state index in [9.17, 15) is 14.4 Å². The first-order chi connectivity index (χ1) is 32.4. The van der Waals surface area contributed by atoms with E-state index in [2.05, 4.69) is 145 Å². The summed E-state index contributed by atoms with van der Waals surface area (Å²) in [5, 5.41) is -0.277. The Morgan fingerprint density at radius 2 is 0.958 bits per heavy atom. The van der Waals surface area contributed by atoms with E-state index < -0.39 is 99.4 Å². The minimum absolute atomic E-state index is 0.0110. The Balaban J connectivity index is 0.000000321. The molecular formula is C52H90F2N4O10Si4. The Morgan fingerprint density at radius 3 is 1.35 bits per heavy atom. The molecule has 20 heteroatoms. The molecule has 2 fully saturated rings. The molecule has 0 radical (unpaired) electrons. The average molecular weight is 1080 g/mol. The summed E-state index contributed by atoms with van der Waals surface area (Å²) in [6, 6.07) is 5.82. The molecule has 8 atom stereocenters. The Bertz CT molecular complexity index is 2520. The number of ether oxygens (including phenoxy) is 3. The van der Waals surface area contributed by atoms with Crippen LogP contribution in [0.5, 0.6) is 11.6 Å². The quantitative estimate of drug-likeness (QED) is 0.153. The predicted octanol–water partition coefficient (Wildman–Crippen LogP) is 12.1. The van der Waals surface area contributed by atoms with Gasteiger partial charge in [-0.25, -0.2) is 18.4 Å². The van der Waals surface area contributed by atoms with Gasteiger partial charge >= 0.3 is 11.4 Å². The fraction of sp³-hybridized carbons (Fsp3) is 0.731. The third-order valence-corrected chi connectivity index (χ3v) is 34.2. The number of nitrogens with zero attached hydrogens (tertiary/aromatic N) is 3. The first kappa shape index (κ1) is 61.6. The van der Waals surface area contributed by atoms with Gasteiger partial charge in [0.2, 0.25) is 5.88 Å². The van der Waals surface area contributed by atoms with Crippen LogP contribution < -0.4 is 21.7 Å². The summed E-state index contributed by atoms with van der Waals surface area (Å²) >= 11 is 0. The number of aryl methyl sites for hydroxylation is 4. The lowest BCUT2D eigenvalue weighted by atomic mass is 10.1. The van der Waals surface area contributed by atoms with E-state index in [4.69, 9.17) is 31.9 Å². The van der Waals surface area contributed by atoms with Gasteiger partial charge in [0.15, 0.2) is 58.1 Å². The Morgan fingerprint density at radius 1 is 0.583 bits per heavy atom. The van der Waals surface area contributed by atoms with Gasteiger partial charge in [-0.15, -0.1) is 0 Å². The lowest BCUT2D eigenvalue weighted by Gasteiger charge is -2.40. The van der Waals surface area contributed by atoms with Crippen LogP contribution in [0.4, 0.5) is 8.78 Å². The zero-order valence-electron chi connectivity index (χ0n) is 48.1. The number of halogens is 2. The van der Waals surface area contributed by atoms with Crippen LogP contribution in [-0.4, -0.2) is 102 Å². The molecule has 5 rings (SSSR count). The summed E-state index contributed by atoms with van der Waals surface area (Å²) in [7, 11) is -8.96. The summed E-state index contributed by atoms with van der Waals surface area (Å²) in [6.45, 7) is 50.0. The molecule has 2 aliphatic heterocycles. The zero-order valence-corrected chi connectivity index (χ0v) is 52.1. The maximum absolute atomic E-state index is 16.3. The fourth-order valence-electron chi connectivity index (χ4n) is 7.10. The molecular weight excluding hydrogens is 991 g/mol. The highest BCUT2D eigenvalue weighted by Gasteiger charge is 2.54. The largest absolute Gasteiger partial charge is 0.438 e. The van der Waals surface area contributed by atoms with Crippen molar-refractivity contribution in [3.05, 3.63) is 84.2 Å². The van der Waals surface area contributed by atoms with Gasteiger partial charge in [0.25, 0.3) is 5.56 Å². The Labute approximate surface area is 432 Å². The van der Waals surface area contributed by atoms with Gasteiger partial charge in [0.1, 0.15) is 30.2 Å². The number of alkyl halides is 2. The third kappa shape index (κ3) is 13.9. The van der Waals surface area contributed by atoms with Crippen molar-refractivity contribution < 1.29 is 40.7 Å². The van der Waals surface area contributed by atoms with Crippen LogP contribution in [0.1, 0.15) is 118 Å². The number of aromatic amines is 1. The summed E-state index contributed by atoms with van der Waals surface area (Å²) in [5.41, 5.74) is 0.935. The van der Waals surface area contributed by atoms with Crippen molar-refractivity contribution in [2.75, 3.05) is 13.2 Å². The smallest absolute Gasteiger partial charge is 0.353 e. The SMILES string of the molecule is Cc1cn([C@H]2O[C@@H](CO[Si](C)(C)C(C)(C)C)C(O[Si](C)(C)C(C)(C)C)[C@H]2F)c(=O)[nH]c1=O.Cc1cn([C@H]2O[C@@H](CO[Si](C)(C)C(C)(C)C)C(O[Si](C)(C)C(C)(C)C)[C@H]2F)c(=O)nc1Oc1c(C)cccc1C. The lowest BCUT2D eigenvalue weighted by Crippen LogP contribution is -2.50. The van der Waals surface area contributed by atoms with E-state index in [0.29, 0.717) is 16.9 Å². The van der Waals surface area contributed by atoms with Crippen LogP contribution >= 0.6 is 0 Å². The van der Waals surface area contributed by atoms with Crippen molar-refractivity contribution in [3.8, 4) is 11.6 Å². The maximum atomic E-state index is 16.3. The molecule has 2 unspecified atom stereocenters. The maximum Gasteiger partial charge on any atom is 0.353 e. The summed E-state index contributed by atoms with van der Waals surface area (Å²) in [5.74, 6) is 0.848. The van der Waals surface area contributed by atoms with Gasteiger partial charge < -0.3 is 31.9 Å². The van der Waals surface area contributed by atoms with Gasteiger partial charge in [0.05, 0.1) is 13.2 Å². The minimum atomic E-state index is -2.37. The van der Waals surface area contributed by atoms with Crippen molar-refractivity contribution in [1.82, 2.24) is 19.1 Å². The van der Waals surface area contributed by atoms with Crippen molar-refractivity contribution >= 4 is 33.3 Å². The molecule has 1 aromatic carbocycles. The van der Waals surface area contributed by atoms with Crippen LogP contribution in [0.2, 0.25) is 72.5 Å². The molecule has 3 aromatic rings. The van der Waals surface area contributed by atoms with Gasteiger partial charge in [-0.3, -0.25) is 18.9 Å². The van der Waals surface area contributed by atoms with Gasteiger partial charge in [-0.05, 0) is 111 Å². The number of rotatable bonds is 14. The second kappa shape index (κ2) is 22.0. The van der Waals surface area contributed by atoms with Crippen molar-refractivity contribution in [3.63, 3.8) is 0 Å². The van der Waals surface area contributed by atoms with Crippen LogP contribution in [-0.2, 0) is 27.2 Å². The van der Waals surface area contributed by atoms with E-state index in [0.717, 1.165) is 15.7 Å². The molecule has 1 N–H and O–H groups in total. The predicted molar refractivity (Wildman–Crippen MR) is 293 cm³/mol. The van der Waals surface area contributed by atoms with E-state index >= 15 is 8.78 Å². The molecule has 0 aliphatic carbocycles. The number of nitrogens with one attached hydrogen (secondary N) is 1. The highest BCUT2D eigenvalue weighted by molar-refractivity contribution is 6.75. The number of hydrogen-bond acceptors (Lipinski definition) is 11. The van der Waals surface area contributed by atoms with Crippen LogP contribution in [0.25, 0.3) is 0 Å². The molecule has 0 amide bonds. The molecule has 72 heavy (non-hydrogen) atoms. The number of benzene rings is 1. The second-order valence-electron chi connectivity index (χ2n) is 26.1. The average Bonchev–Trinajstić information content (AvgIpc) is 3.68. The highest BCUT2D eigenvalue weighted by atomic mass is 28.4. The number of H-pyrrole nitrogens is 1. The van der Waals surface area contributed by atoms with Crippen LogP contribution in [0.3, 0.4) is 0 Å². The van der Waals surface area contributed by atoms with Gasteiger partial charge in [-0.1, -0.05) is 101 Å². The monoisotopic (exact) mass is 1080 g/mol. The molecule has 0 bridgehead atoms. The molecule has 2 aliphatic rings. The van der Waals surface area contributed by atoms with E-state index in [1.54, 1.807) is 20.0 Å². The molecule has 408 valence electrons. The summed E-state index contributed by atoms with van der Waals surface area (Å²) in [6.07, 6.45) is -5.70. The van der Waals surface area contributed by atoms with Crippen LogP contribution in [0.15, 0.2) is 45.0 Å². The topological polar surface area (TPSA) is 154 Å². The first-order valence-electron chi connectivity index (χ1n) is 25.3. The minimum Gasteiger partial charge on any atom is -0.438 e.